The molecule has 152 valence electrons. The number of imide groups is 1. The van der Waals surface area contributed by atoms with Crippen LogP contribution < -0.4 is 15.4 Å². The van der Waals surface area contributed by atoms with E-state index in [1.165, 1.54) is 18.0 Å². The first-order chi connectivity index (χ1) is 14.1. The fourth-order valence-corrected chi connectivity index (χ4v) is 3.35. The number of urea groups is 1. The third-order valence-corrected chi connectivity index (χ3v) is 4.94. The highest BCUT2D eigenvalue weighted by Crippen LogP contribution is 2.25. The van der Waals surface area contributed by atoms with Crippen molar-refractivity contribution in [1.82, 2.24) is 25.4 Å². The van der Waals surface area contributed by atoms with Crippen molar-refractivity contribution in [1.29, 1.82) is 0 Å². The van der Waals surface area contributed by atoms with E-state index in [0.29, 0.717) is 23.3 Å². The molecule has 29 heavy (non-hydrogen) atoms. The van der Waals surface area contributed by atoms with Crippen LogP contribution in [0.25, 0.3) is 11.4 Å². The molecule has 0 atom stereocenters. The molecule has 0 radical (unpaired) electrons. The maximum absolute atomic E-state index is 12.0. The van der Waals surface area contributed by atoms with Gasteiger partial charge in [-0.15, -0.1) is 10.2 Å². The van der Waals surface area contributed by atoms with E-state index in [-0.39, 0.29) is 12.3 Å². The number of amides is 3. The fraction of sp³-hybridized carbons (Fsp3) is 0.263. The topological polar surface area (TPSA) is 111 Å². The number of rotatable bonds is 8. The van der Waals surface area contributed by atoms with E-state index in [0.717, 1.165) is 11.3 Å². The predicted octanol–water partition coefficient (Wildman–Crippen LogP) is 2.68. The van der Waals surface area contributed by atoms with Gasteiger partial charge in [0.05, 0.1) is 25.7 Å². The van der Waals surface area contributed by atoms with E-state index in [9.17, 15) is 9.59 Å². The number of thioether (sulfide) groups is 1. The number of aromatic nitrogens is 3. The fourth-order valence-electron chi connectivity index (χ4n) is 2.55. The Bertz CT molecular complexity index is 954. The first-order valence-corrected chi connectivity index (χ1v) is 9.89. The van der Waals surface area contributed by atoms with Gasteiger partial charge in [-0.1, -0.05) is 11.8 Å². The van der Waals surface area contributed by atoms with Gasteiger partial charge >= 0.3 is 6.03 Å². The lowest BCUT2D eigenvalue weighted by Crippen LogP contribution is -2.39. The highest BCUT2D eigenvalue weighted by molar-refractivity contribution is 7.99. The first-order valence-electron chi connectivity index (χ1n) is 8.91. The van der Waals surface area contributed by atoms with Crippen LogP contribution in [-0.2, 0) is 17.9 Å². The van der Waals surface area contributed by atoms with Crippen LogP contribution in [-0.4, -0.2) is 39.6 Å². The summed E-state index contributed by atoms with van der Waals surface area (Å²) in [7, 11) is 1.61. The predicted molar refractivity (Wildman–Crippen MR) is 107 cm³/mol. The molecule has 0 spiro atoms. The van der Waals surface area contributed by atoms with E-state index in [2.05, 4.69) is 20.8 Å². The number of ether oxygens (including phenoxy) is 1. The maximum Gasteiger partial charge on any atom is 0.321 e. The molecule has 3 rings (SSSR count). The molecule has 2 N–H and O–H groups in total. The van der Waals surface area contributed by atoms with Gasteiger partial charge in [0, 0.05) is 12.1 Å². The van der Waals surface area contributed by atoms with E-state index in [4.69, 9.17) is 9.15 Å². The SMILES string of the molecule is CCn1c(SCC(=O)NC(=O)NCc2ccco2)nnc1-c1ccc(OC)cc1. The van der Waals surface area contributed by atoms with Gasteiger partial charge in [-0.3, -0.25) is 10.1 Å². The van der Waals surface area contributed by atoms with Crippen molar-refractivity contribution >= 4 is 23.7 Å². The smallest absolute Gasteiger partial charge is 0.321 e. The van der Waals surface area contributed by atoms with Crippen molar-refractivity contribution in [3.8, 4) is 17.1 Å². The van der Waals surface area contributed by atoms with Gasteiger partial charge < -0.3 is 19.0 Å². The summed E-state index contributed by atoms with van der Waals surface area (Å²) in [5, 5.41) is 13.9. The molecule has 0 fully saturated rings. The van der Waals surface area contributed by atoms with E-state index in [1.54, 1.807) is 19.2 Å². The molecule has 3 aromatic rings. The lowest BCUT2D eigenvalue weighted by molar-refractivity contribution is -0.117. The number of furan rings is 1. The Labute approximate surface area is 171 Å². The third kappa shape index (κ3) is 5.38. The van der Waals surface area contributed by atoms with Gasteiger partial charge in [0.25, 0.3) is 0 Å². The van der Waals surface area contributed by atoms with Gasteiger partial charge in [-0.25, -0.2) is 4.79 Å². The molecule has 9 nitrogen and oxygen atoms in total. The zero-order valence-corrected chi connectivity index (χ0v) is 16.9. The zero-order valence-electron chi connectivity index (χ0n) is 16.0. The third-order valence-electron chi connectivity index (χ3n) is 3.97. The summed E-state index contributed by atoms with van der Waals surface area (Å²) < 4.78 is 12.2. The van der Waals surface area contributed by atoms with Gasteiger partial charge in [0.1, 0.15) is 11.5 Å². The monoisotopic (exact) mass is 415 g/mol. The number of carbonyl (C=O) groups is 2. The van der Waals surface area contributed by atoms with Crippen LogP contribution in [0.3, 0.4) is 0 Å². The Kier molecular flexibility index (Phi) is 6.90. The summed E-state index contributed by atoms with van der Waals surface area (Å²) in [6.45, 7) is 2.82. The maximum atomic E-state index is 12.0. The quantitative estimate of drug-likeness (QED) is 0.544. The summed E-state index contributed by atoms with van der Waals surface area (Å²) >= 11 is 1.21. The van der Waals surface area contributed by atoms with Gasteiger partial charge in [0.15, 0.2) is 11.0 Å². The van der Waals surface area contributed by atoms with Crippen molar-refractivity contribution in [3.63, 3.8) is 0 Å². The Balaban J connectivity index is 1.55. The molecule has 0 unspecified atom stereocenters. The standard InChI is InChI=1S/C19H21N5O4S/c1-3-24-17(13-6-8-14(27-2)9-7-13)22-23-19(24)29-12-16(25)21-18(26)20-11-15-5-4-10-28-15/h4-10H,3,11-12H2,1-2H3,(H2,20,21,25,26). The number of benzene rings is 1. The van der Waals surface area contributed by atoms with Crippen LogP contribution in [0, 0.1) is 0 Å². The summed E-state index contributed by atoms with van der Waals surface area (Å²) in [5.41, 5.74) is 0.897. The summed E-state index contributed by atoms with van der Waals surface area (Å²) in [5.74, 6) is 1.67. The van der Waals surface area contributed by atoms with Gasteiger partial charge in [-0.05, 0) is 43.3 Å². The minimum absolute atomic E-state index is 0.0366. The lowest BCUT2D eigenvalue weighted by atomic mass is 10.2. The second kappa shape index (κ2) is 9.78. The van der Waals surface area contributed by atoms with E-state index >= 15 is 0 Å². The summed E-state index contributed by atoms with van der Waals surface area (Å²) in [6.07, 6.45) is 1.51. The van der Waals surface area contributed by atoms with Gasteiger partial charge in [-0.2, -0.15) is 0 Å². The van der Waals surface area contributed by atoms with Crippen LogP contribution in [0.2, 0.25) is 0 Å². The second-order valence-electron chi connectivity index (χ2n) is 5.88. The second-order valence-corrected chi connectivity index (χ2v) is 6.82. The lowest BCUT2D eigenvalue weighted by Gasteiger charge is -2.08. The molecule has 0 saturated heterocycles. The molecular formula is C19H21N5O4S. The van der Waals surface area contributed by atoms with Crippen LogP contribution in [0.4, 0.5) is 4.79 Å². The average molecular weight is 415 g/mol. The van der Waals surface area contributed by atoms with Crippen molar-refractivity contribution in [2.24, 2.45) is 0 Å². The summed E-state index contributed by atoms with van der Waals surface area (Å²) in [6, 6.07) is 10.4. The van der Waals surface area contributed by atoms with Crippen LogP contribution in [0.1, 0.15) is 12.7 Å². The number of methoxy groups -OCH3 is 1. The number of hydrogen-bond donors (Lipinski definition) is 2. The normalized spacial score (nSPS) is 10.6. The molecule has 10 heteroatoms. The molecule has 0 bridgehead atoms. The van der Waals surface area contributed by atoms with Crippen LogP contribution in [0.5, 0.6) is 5.75 Å². The van der Waals surface area contributed by atoms with E-state index < -0.39 is 11.9 Å². The van der Waals surface area contributed by atoms with Crippen molar-refractivity contribution in [2.75, 3.05) is 12.9 Å². The van der Waals surface area contributed by atoms with Crippen LogP contribution >= 0.6 is 11.8 Å². The number of carbonyl (C=O) groups excluding carboxylic acids is 2. The molecule has 0 aliphatic rings. The highest BCUT2D eigenvalue weighted by Gasteiger charge is 2.15. The zero-order chi connectivity index (χ0) is 20.6. The Morgan fingerprint density at radius 2 is 2.00 bits per heavy atom. The molecule has 2 aromatic heterocycles. The Hall–Kier alpha value is -3.27. The van der Waals surface area contributed by atoms with E-state index in [1.807, 2.05) is 35.8 Å². The average Bonchev–Trinajstić information content (AvgIpc) is 3.40. The van der Waals surface area contributed by atoms with Crippen LogP contribution in [0.15, 0.2) is 52.2 Å². The largest absolute Gasteiger partial charge is 0.497 e. The molecule has 0 aliphatic carbocycles. The Morgan fingerprint density at radius 3 is 2.66 bits per heavy atom. The molecule has 1 aromatic carbocycles. The van der Waals surface area contributed by atoms with Crippen molar-refractivity contribution in [2.45, 2.75) is 25.2 Å². The molecule has 2 heterocycles. The minimum atomic E-state index is -0.581. The molecular weight excluding hydrogens is 394 g/mol. The minimum Gasteiger partial charge on any atom is -0.497 e. The number of hydrogen-bond acceptors (Lipinski definition) is 7. The molecule has 0 saturated carbocycles. The Morgan fingerprint density at radius 1 is 1.21 bits per heavy atom. The summed E-state index contributed by atoms with van der Waals surface area (Å²) in [4.78, 5) is 23.8. The van der Waals surface area contributed by atoms with Crippen molar-refractivity contribution in [3.05, 3.63) is 48.4 Å². The number of nitrogens with zero attached hydrogens (tertiary/aromatic N) is 3. The highest BCUT2D eigenvalue weighted by atomic mass is 32.2. The molecule has 0 aliphatic heterocycles. The van der Waals surface area contributed by atoms with Gasteiger partial charge in [0.2, 0.25) is 5.91 Å². The van der Waals surface area contributed by atoms with Crippen molar-refractivity contribution < 1.29 is 18.7 Å². The number of nitrogens with one attached hydrogen (secondary N) is 2. The first kappa shape index (κ1) is 20.5. The molecule has 3 amide bonds.